The van der Waals surface area contributed by atoms with E-state index in [1.165, 1.54) is 6.42 Å². The van der Waals surface area contributed by atoms with E-state index >= 15 is 0 Å². The second-order valence-electron chi connectivity index (χ2n) is 5.59. The first-order valence-electron chi connectivity index (χ1n) is 7.65. The van der Waals surface area contributed by atoms with Crippen LogP contribution in [0.3, 0.4) is 0 Å². The predicted octanol–water partition coefficient (Wildman–Crippen LogP) is 3.95. The standard InChI is InChI=1S/C18H23NO2/c1-15-5-2-3-6-17(15)14-20-11-4-12-21-18-9-7-16(13-19)8-10-18/h2-3,7-10,15,17H,4-6,11-12,14H2,1H3. The normalized spacial score (nSPS) is 21.0. The van der Waals surface area contributed by atoms with Crippen LogP contribution in [0.1, 0.15) is 31.7 Å². The Bertz CT molecular complexity index is 487. The van der Waals surface area contributed by atoms with E-state index < -0.39 is 0 Å². The fraction of sp³-hybridized carbons (Fsp3) is 0.500. The molecule has 0 fully saturated rings. The van der Waals surface area contributed by atoms with E-state index in [1.54, 1.807) is 12.1 Å². The van der Waals surface area contributed by atoms with Crippen LogP contribution in [-0.2, 0) is 4.74 Å². The zero-order chi connectivity index (χ0) is 14.9. The topological polar surface area (TPSA) is 42.2 Å². The summed E-state index contributed by atoms with van der Waals surface area (Å²) in [5.74, 6) is 2.19. The minimum atomic E-state index is 0.645. The van der Waals surface area contributed by atoms with Gasteiger partial charge in [-0.2, -0.15) is 5.26 Å². The molecule has 1 aromatic carbocycles. The highest BCUT2D eigenvalue weighted by atomic mass is 16.5. The summed E-state index contributed by atoms with van der Waals surface area (Å²) < 4.78 is 11.4. The lowest BCUT2D eigenvalue weighted by Gasteiger charge is -2.24. The van der Waals surface area contributed by atoms with E-state index in [2.05, 4.69) is 25.1 Å². The zero-order valence-corrected chi connectivity index (χ0v) is 12.6. The van der Waals surface area contributed by atoms with Crippen LogP contribution in [0, 0.1) is 23.2 Å². The van der Waals surface area contributed by atoms with Gasteiger partial charge < -0.3 is 9.47 Å². The van der Waals surface area contributed by atoms with Crippen molar-refractivity contribution in [1.29, 1.82) is 5.26 Å². The molecule has 2 unspecified atom stereocenters. The number of nitrogens with zero attached hydrogens (tertiary/aromatic N) is 1. The number of ether oxygens (including phenoxy) is 2. The van der Waals surface area contributed by atoms with Gasteiger partial charge in [0.2, 0.25) is 0 Å². The highest BCUT2D eigenvalue weighted by Crippen LogP contribution is 2.25. The molecule has 0 heterocycles. The molecule has 0 aromatic heterocycles. The summed E-state index contributed by atoms with van der Waals surface area (Å²) in [7, 11) is 0. The molecule has 1 aromatic rings. The quantitative estimate of drug-likeness (QED) is 0.563. The summed E-state index contributed by atoms with van der Waals surface area (Å²) >= 11 is 0. The van der Waals surface area contributed by atoms with Crippen molar-refractivity contribution in [2.24, 2.45) is 11.8 Å². The molecular formula is C18H23NO2. The Morgan fingerprint density at radius 3 is 2.62 bits per heavy atom. The van der Waals surface area contributed by atoms with E-state index in [9.17, 15) is 0 Å². The van der Waals surface area contributed by atoms with Gasteiger partial charge in [-0.05, 0) is 48.9 Å². The van der Waals surface area contributed by atoms with Gasteiger partial charge in [-0.25, -0.2) is 0 Å². The minimum Gasteiger partial charge on any atom is -0.494 e. The summed E-state index contributed by atoms with van der Waals surface area (Å²) in [4.78, 5) is 0. The average molecular weight is 285 g/mol. The van der Waals surface area contributed by atoms with Crippen LogP contribution in [0.25, 0.3) is 0 Å². The predicted molar refractivity (Wildman–Crippen MR) is 83.1 cm³/mol. The van der Waals surface area contributed by atoms with Crippen LogP contribution in [0.4, 0.5) is 0 Å². The van der Waals surface area contributed by atoms with Gasteiger partial charge >= 0.3 is 0 Å². The Labute approximate surface area is 127 Å². The summed E-state index contributed by atoms with van der Waals surface area (Å²) in [6.45, 7) is 4.53. The molecule has 0 bridgehead atoms. The molecule has 0 saturated carbocycles. The summed E-state index contributed by atoms with van der Waals surface area (Å²) in [6, 6.07) is 9.29. The van der Waals surface area contributed by atoms with Crippen LogP contribution in [0.2, 0.25) is 0 Å². The van der Waals surface area contributed by atoms with Crippen LogP contribution in [-0.4, -0.2) is 19.8 Å². The largest absolute Gasteiger partial charge is 0.494 e. The summed E-state index contributed by atoms with van der Waals surface area (Å²) in [5.41, 5.74) is 0.654. The third-order valence-corrected chi connectivity index (χ3v) is 3.94. The maximum atomic E-state index is 8.72. The molecule has 1 aliphatic carbocycles. The van der Waals surface area contributed by atoms with Crippen molar-refractivity contribution in [3.63, 3.8) is 0 Å². The third kappa shape index (κ3) is 5.24. The van der Waals surface area contributed by atoms with Gasteiger partial charge in [0.15, 0.2) is 0 Å². The number of nitriles is 1. The Morgan fingerprint density at radius 1 is 1.14 bits per heavy atom. The van der Waals surface area contributed by atoms with Crippen molar-refractivity contribution in [3.05, 3.63) is 42.0 Å². The molecular weight excluding hydrogens is 262 g/mol. The minimum absolute atomic E-state index is 0.645. The van der Waals surface area contributed by atoms with Gasteiger partial charge in [-0.1, -0.05) is 19.1 Å². The number of hydrogen-bond donors (Lipinski definition) is 0. The van der Waals surface area contributed by atoms with Crippen LogP contribution >= 0.6 is 0 Å². The van der Waals surface area contributed by atoms with Crippen molar-refractivity contribution in [1.82, 2.24) is 0 Å². The molecule has 0 aliphatic heterocycles. The number of hydrogen-bond acceptors (Lipinski definition) is 3. The molecule has 2 atom stereocenters. The lowest BCUT2D eigenvalue weighted by molar-refractivity contribution is 0.0711. The molecule has 0 N–H and O–H groups in total. The van der Waals surface area contributed by atoms with Gasteiger partial charge in [-0.3, -0.25) is 0 Å². The maximum Gasteiger partial charge on any atom is 0.119 e. The van der Waals surface area contributed by atoms with Gasteiger partial charge in [0.1, 0.15) is 5.75 Å². The summed E-state index contributed by atoms with van der Waals surface area (Å²) in [6.07, 6.45) is 7.74. The van der Waals surface area contributed by atoms with Crippen LogP contribution in [0.5, 0.6) is 5.75 Å². The van der Waals surface area contributed by atoms with Crippen molar-refractivity contribution in [2.45, 2.75) is 26.2 Å². The molecule has 0 spiro atoms. The first-order chi connectivity index (χ1) is 10.3. The highest BCUT2D eigenvalue weighted by Gasteiger charge is 2.17. The average Bonchev–Trinajstić information content (AvgIpc) is 2.53. The number of allylic oxidation sites excluding steroid dienone is 2. The van der Waals surface area contributed by atoms with E-state index in [4.69, 9.17) is 14.7 Å². The molecule has 112 valence electrons. The molecule has 3 heteroatoms. The zero-order valence-electron chi connectivity index (χ0n) is 12.6. The van der Waals surface area contributed by atoms with Gasteiger partial charge in [-0.15, -0.1) is 0 Å². The van der Waals surface area contributed by atoms with Gasteiger partial charge in [0, 0.05) is 19.6 Å². The summed E-state index contributed by atoms with van der Waals surface area (Å²) in [5, 5.41) is 8.72. The lowest BCUT2D eigenvalue weighted by Crippen LogP contribution is -2.20. The van der Waals surface area contributed by atoms with E-state index in [1.807, 2.05) is 12.1 Å². The Kier molecular flexibility index (Phi) is 6.30. The molecule has 0 radical (unpaired) electrons. The first-order valence-corrected chi connectivity index (χ1v) is 7.65. The van der Waals surface area contributed by atoms with E-state index in [0.29, 0.717) is 18.1 Å². The Morgan fingerprint density at radius 2 is 1.90 bits per heavy atom. The monoisotopic (exact) mass is 285 g/mol. The van der Waals surface area contributed by atoms with Crippen molar-refractivity contribution >= 4 is 0 Å². The lowest BCUT2D eigenvalue weighted by atomic mass is 9.85. The van der Waals surface area contributed by atoms with Crippen molar-refractivity contribution in [2.75, 3.05) is 19.8 Å². The van der Waals surface area contributed by atoms with E-state index in [0.717, 1.165) is 37.7 Å². The fourth-order valence-electron chi connectivity index (χ4n) is 2.45. The number of rotatable bonds is 7. The second kappa shape index (κ2) is 8.49. The van der Waals surface area contributed by atoms with Crippen LogP contribution in [0.15, 0.2) is 36.4 Å². The Hall–Kier alpha value is -1.79. The first kappa shape index (κ1) is 15.6. The molecule has 0 amide bonds. The third-order valence-electron chi connectivity index (χ3n) is 3.94. The SMILES string of the molecule is CC1CC=CCC1COCCCOc1ccc(C#N)cc1. The Balaban J connectivity index is 1.55. The second-order valence-corrected chi connectivity index (χ2v) is 5.59. The fourth-order valence-corrected chi connectivity index (χ4v) is 2.45. The molecule has 21 heavy (non-hydrogen) atoms. The van der Waals surface area contributed by atoms with E-state index in [-0.39, 0.29) is 0 Å². The highest BCUT2D eigenvalue weighted by molar-refractivity contribution is 5.34. The van der Waals surface area contributed by atoms with Gasteiger partial charge in [0.05, 0.1) is 18.2 Å². The molecule has 3 nitrogen and oxygen atoms in total. The smallest absolute Gasteiger partial charge is 0.119 e. The molecule has 0 saturated heterocycles. The maximum absolute atomic E-state index is 8.72. The van der Waals surface area contributed by atoms with Gasteiger partial charge in [0.25, 0.3) is 0 Å². The molecule has 2 rings (SSSR count). The number of benzene rings is 1. The molecule has 1 aliphatic rings. The van der Waals surface area contributed by atoms with Crippen molar-refractivity contribution < 1.29 is 9.47 Å². The van der Waals surface area contributed by atoms with Crippen molar-refractivity contribution in [3.8, 4) is 11.8 Å². The van der Waals surface area contributed by atoms with Crippen LogP contribution < -0.4 is 4.74 Å².